The molecule has 1 aliphatic carbocycles. The maximum atomic E-state index is 5.46. The van der Waals surface area contributed by atoms with E-state index in [0.717, 1.165) is 6.42 Å². The van der Waals surface area contributed by atoms with Gasteiger partial charge >= 0.3 is 0 Å². The van der Waals surface area contributed by atoms with Crippen molar-refractivity contribution in [2.24, 2.45) is 0 Å². The topological polar surface area (TPSA) is 12.5 Å². The van der Waals surface area contributed by atoms with Gasteiger partial charge in [0.15, 0.2) is 0 Å². The monoisotopic (exact) mass is 146 g/mol. The third kappa shape index (κ3) is 0.641. The fourth-order valence-electron chi connectivity index (χ4n) is 2.10. The van der Waals surface area contributed by atoms with Gasteiger partial charge in [-0.25, -0.2) is 0 Å². The highest BCUT2D eigenvalue weighted by molar-refractivity contribution is 5.44. The van der Waals surface area contributed by atoms with E-state index in [4.69, 9.17) is 4.74 Å². The minimum absolute atomic E-state index is 0.464. The molecular formula is C10H10O. The Balaban J connectivity index is 2.25. The highest BCUT2D eigenvalue weighted by Crippen LogP contribution is 2.49. The maximum Gasteiger partial charge on any atom is 0.110 e. The van der Waals surface area contributed by atoms with Gasteiger partial charge in [0, 0.05) is 6.42 Å². The molecule has 1 aromatic rings. The number of aryl methyl sites for hydroxylation is 1. The first-order chi connectivity index (χ1) is 5.36. The zero-order chi connectivity index (χ0) is 7.42. The Morgan fingerprint density at radius 2 is 2.36 bits per heavy atom. The fourth-order valence-corrected chi connectivity index (χ4v) is 2.10. The number of epoxide rings is 1. The highest BCUT2D eigenvalue weighted by atomic mass is 16.6. The zero-order valence-corrected chi connectivity index (χ0v) is 6.50. The van der Waals surface area contributed by atoms with Crippen molar-refractivity contribution in [2.75, 3.05) is 0 Å². The van der Waals surface area contributed by atoms with Crippen molar-refractivity contribution in [1.29, 1.82) is 0 Å². The molecule has 1 fully saturated rings. The smallest absolute Gasteiger partial charge is 0.110 e. The lowest BCUT2D eigenvalue weighted by Gasteiger charge is -2.04. The summed E-state index contributed by atoms with van der Waals surface area (Å²) in [6.45, 7) is 2.17. The van der Waals surface area contributed by atoms with Gasteiger partial charge in [0.1, 0.15) is 6.10 Å². The second kappa shape index (κ2) is 1.67. The predicted molar refractivity (Wildman–Crippen MR) is 42.5 cm³/mol. The normalized spacial score (nSPS) is 31.4. The van der Waals surface area contributed by atoms with Crippen LogP contribution in [0.3, 0.4) is 0 Å². The van der Waals surface area contributed by atoms with Crippen LogP contribution in [-0.2, 0) is 11.2 Å². The molecule has 0 N–H and O–H groups in total. The van der Waals surface area contributed by atoms with Crippen LogP contribution in [0, 0.1) is 6.92 Å². The van der Waals surface area contributed by atoms with Crippen LogP contribution in [0.1, 0.15) is 22.8 Å². The second-order valence-corrected chi connectivity index (χ2v) is 3.45. The van der Waals surface area contributed by atoms with Gasteiger partial charge in [-0.3, -0.25) is 0 Å². The third-order valence-electron chi connectivity index (χ3n) is 2.70. The molecule has 0 spiro atoms. The first-order valence-corrected chi connectivity index (χ1v) is 4.10. The summed E-state index contributed by atoms with van der Waals surface area (Å²) in [4.78, 5) is 0. The molecule has 0 bridgehead atoms. The van der Waals surface area contributed by atoms with E-state index in [-0.39, 0.29) is 0 Å². The van der Waals surface area contributed by atoms with Crippen LogP contribution in [-0.4, -0.2) is 6.10 Å². The summed E-state index contributed by atoms with van der Waals surface area (Å²) in [5.74, 6) is 0. The third-order valence-corrected chi connectivity index (χ3v) is 2.70. The van der Waals surface area contributed by atoms with E-state index in [1.807, 2.05) is 0 Å². The van der Waals surface area contributed by atoms with Gasteiger partial charge in [0.25, 0.3) is 0 Å². The molecule has 0 amide bonds. The summed E-state index contributed by atoms with van der Waals surface area (Å²) in [6, 6.07) is 6.53. The van der Waals surface area contributed by atoms with E-state index >= 15 is 0 Å². The summed E-state index contributed by atoms with van der Waals surface area (Å²) < 4.78 is 5.46. The zero-order valence-electron chi connectivity index (χ0n) is 6.50. The Bertz CT molecular complexity index is 317. The Morgan fingerprint density at radius 3 is 3.18 bits per heavy atom. The Morgan fingerprint density at radius 1 is 1.45 bits per heavy atom. The van der Waals surface area contributed by atoms with Crippen LogP contribution in [0.15, 0.2) is 18.2 Å². The molecule has 1 heteroatoms. The standard InChI is InChI=1S/C10H10O/c1-6-3-2-4-7-5-8-10(11-8)9(6)7/h2-4,8,10H,5H2,1H3/t8-,10-/m1/s1. The quantitative estimate of drug-likeness (QED) is 0.510. The van der Waals surface area contributed by atoms with Crippen molar-refractivity contribution in [1.82, 2.24) is 0 Å². The minimum atomic E-state index is 0.464. The van der Waals surface area contributed by atoms with E-state index in [1.165, 1.54) is 16.7 Å². The lowest BCUT2D eigenvalue weighted by Crippen LogP contribution is -1.90. The molecule has 56 valence electrons. The molecule has 0 radical (unpaired) electrons. The van der Waals surface area contributed by atoms with E-state index in [0.29, 0.717) is 12.2 Å². The molecule has 2 atom stereocenters. The molecule has 3 rings (SSSR count). The first kappa shape index (κ1) is 5.78. The van der Waals surface area contributed by atoms with Gasteiger partial charge in [-0.05, 0) is 23.6 Å². The van der Waals surface area contributed by atoms with Crippen molar-refractivity contribution in [2.45, 2.75) is 25.6 Å². The molecule has 0 aromatic heterocycles. The SMILES string of the molecule is Cc1cccc2c1[C@@H]1O[C@@H]1C2. The molecule has 1 aromatic carbocycles. The van der Waals surface area contributed by atoms with Gasteiger partial charge in [0.05, 0.1) is 6.10 Å². The molecule has 1 aliphatic heterocycles. The Kier molecular flexibility index (Phi) is 0.878. The average Bonchev–Trinajstić information content (AvgIpc) is 2.62. The Hall–Kier alpha value is -0.820. The number of hydrogen-bond donors (Lipinski definition) is 0. The van der Waals surface area contributed by atoms with Crippen LogP contribution in [0.4, 0.5) is 0 Å². The van der Waals surface area contributed by atoms with E-state index in [2.05, 4.69) is 25.1 Å². The van der Waals surface area contributed by atoms with E-state index < -0.39 is 0 Å². The average molecular weight is 146 g/mol. The van der Waals surface area contributed by atoms with Crippen LogP contribution < -0.4 is 0 Å². The molecular weight excluding hydrogens is 136 g/mol. The molecule has 2 aliphatic rings. The molecule has 0 unspecified atom stereocenters. The molecule has 11 heavy (non-hydrogen) atoms. The van der Waals surface area contributed by atoms with Gasteiger partial charge < -0.3 is 4.74 Å². The summed E-state index contributed by atoms with van der Waals surface area (Å²) in [5, 5.41) is 0. The summed E-state index contributed by atoms with van der Waals surface area (Å²) in [5.41, 5.74) is 4.37. The lowest BCUT2D eigenvalue weighted by atomic mass is 10.0. The van der Waals surface area contributed by atoms with Gasteiger partial charge in [-0.15, -0.1) is 0 Å². The molecule has 0 saturated carbocycles. The maximum absolute atomic E-state index is 5.46. The van der Waals surface area contributed by atoms with Crippen molar-refractivity contribution in [3.8, 4) is 0 Å². The summed E-state index contributed by atoms with van der Waals surface area (Å²) in [7, 11) is 0. The predicted octanol–water partition coefficient (Wildman–Crippen LogP) is 1.99. The number of hydrogen-bond acceptors (Lipinski definition) is 1. The number of ether oxygens (including phenoxy) is 1. The minimum Gasteiger partial charge on any atom is -0.364 e. The van der Waals surface area contributed by atoms with Crippen molar-refractivity contribution < 1.29 is 4.74 Å². The van der Waals surface area contributed by atoms with Gasteiger partial charge in [0.2, 0.25) is 0 Å². The van der Waals surface area contributed by atoms with E-state index in [9.17, 15) is 0 Å². The Labute approximate surface area is 66.0 Å². The number of benzene rings is 1. The van der Waals surface area contributed by atoms with Crippen molar-refractivity contribution >= 4 is 0 Å². The van der Waals surface area contributed by atoms with Gasteiger partial charge in [-0.2, -0.15) is 0 Å². The molecule has 1 saturated heterocycles. The number of fused-ring (bicyclic) bond motifs is 3. The molecule has 1 nitrogen and oxygen atoms in total. The van der Waals surface area contributed by atoms with Crippen LogP contribution in [0.5, 0.6) is 0 Å². The van der Waals surface area contributed by atoms with E-state index in [1.54, 1.807) is 0 Å². The lowest BCUT2D eigenvalue weighted by molar-refractivity contribution is 0.360. The largest absolute Gasteiger partial charge is 0.364 e. The molecule has 1 heterocycles. The summed E-state index contributed by atoms with van der Waals surface area (Å²) in [6.07, 6.45) is 2.14. The van der Waals surface area contributed by atoms with Crippen molar-refractivity contribution in [3.63, 3.8) is 0 Å². The second-order valence-electron chi connectivity index (χ2n) is 3.45. The van der Waals surface area contributed by atoms with Crippen LogP contribution >= 0.6 is 0 Å². The van der Waals surface area contributed by atoms with Crippen LogP contribution in [0.25, 0.3) is 0 Å². The van der Waals surface area contributed by atoms with Crippen molar-refractivity contribution in [3.05, 3.63) is 34.9 Å². The fraction of sp³-hybridized carbons (Fsp3) is 0.400. The number of rotatable bonds is 0. The highest BCUT2D eigenvalue weighted by Gasteiger charge is 2.47. The van der Waals surface area contributed by atoms with Gasteiger partial charge in [-0.1, -0.05) is 18.2 Å². The summed E-state index contributed by atoms with van der Waals surface area (Å²) >= 11 is 0. The first-order valence-electron chi connectivity index (χ1n) is 4.10. The van der Waals surface area contributed by atoms with Crippen LogP contribution in [0.2, 0.25) is 0 Å².